The van der Waals surface area contributed by atoms with E-state index < -0.39 is 11.4 Å². The molecule has 1 N–H and O–H groups in total. The number of hydrogen-bond donors (Lipinski definition) is 1. The minimum Gasteiger partial charge on any atom is -0.481 e. The molecule has 0 unspecified atom stereocenters. The molecule has 1 aromatic rings. The van der Waals surface area contributed by atoms with Crippen molar-refractivity contribution in [1.82, 2.24) is 4.98 Å². The maximum Gasteiger partial charge on any atom is 0.315 e. The van der Waals surface area contributed by atoms with Crippen LogP contribution in [0.15, 0.2) is 5.38 Å². The van der Waals surface area contributed by atoms with Crippen molar-refractivity contribution in [2.24, 2.45) is 0 Å². The Hall–Kier alpha value is -0.900. The summed E-state index contributed by atoms with van der Waals surface area (Å²) in [7, 11) is 0. The molecular weight excluding hydrogens is 234 g/mol. The highest BCUT2D eigenvalue weighted by molar-refractivity contribution is 7.09. The first kappa shape index (κ1) is 12.6. The summed E-state index contributed by atoms with van der Waals surface area (Å²) < 4.78 is 0. The third kappa shape index (κ3) is 2.51. The standard InChI is InChI=1S/C13H19NO2S/c1-13(2,12(15)16)10-8-17-11(14-10)9-6-4-3-5-7-9/h8-9H,3-7H2,1-2H3,(H,15,16). The molecule has 1 aliphatic carbocycles. The number of nitrogens with zero attached hydrogens (tertiary/aromatic N) is 1. The molecule has 2 rings (SSSR count). The van der Waals surface area contributed by atoms with E-state index in [2.05, 4.69) is 4.98 Å². The van der Waals surface area contributed by atoms with Crippen molar-refractivity contribution in [2.75, 3.05) is 0 Å². The Kier molecular flexibility index (Phi) is 3.52. The Balaban J connectivity index is 2.17. The fourth-order valence-corrected chi connectivity index (χ4v) is 3.38. The van der Waals surface area contributed by atoms with Gasteiger partial charge in [0.15, 0.2) is 0 Å². The van der Waals surface area contributed by atoms with Gasteiger partial charge in [-0.3, -0.25) is 4.79 Å². The van der Waals surface area contributed by atoms with Gasteiger partial charge in [0.2, 0.25) is 0 Å². The molecule has 4 heteroatoms. The van der Waals surface area contributed by atoms with Crippen LogP contribution in [0.4, 0.5) is 0 Å². The molecule has 94 valence electrons. The molecule has 0 amide bonds. The molecule has 0 radical (unpaired) electrons. The third-order valence-corrected chi connectivity index (χ3v) is 4.66. The van der Waals surface area contributed by atoms with Crippen LogP contribution in [0, 0.1) is 0 Å². The number of carbonyl (C=O) groups is 1. The van der Waals surface area contributed by atoms with Crippen molar-refractivity contribution in [2.45, 2.75) is 57.3 Å². The molecule has 1 aromatic heterocycles. The van der Waals surface area contributed by atoms with Gasteiger partial charge in [0.25, 0.3) is 0 Å². The van der Waals surface area contributed by atoms with Crippen LogP contribution in [0.5, 0.6) is 0 Å². The zero-order chi connectivity index (χ0) is 12.5. The van der Waals surface area contributed by atoms with Crippen molar-refractivity contribution in [3.63, 3.8) is 0 Å². The Morgan fingerprint density at radius 1 is 1.41 bits per heavy atom. The summed E-state index contributed by atoms with van der Waals surface area (Å²) >= 11 is 1.63. The SMILES string of the molecule is CC(C)(C(=O)O)c1csc(C2CCCCC2)n1. The van der Waals surface area contributed by atoms with E-state index in [-0.39, 0.29) is 0 Å². The van der Waals surface area contributed by atoms with Crippen molar-refractivity contribution in [3.8, 4) is 0 Å². The van der Waals surface area contributed by atoms with Crippen LogP contribution in [0.25, 0.3) is 0 Å². The van der Waals surface area contributed by atoms with E-state index in [1.54, 1.807) is 25.2 Å². The number of aliphatic carboxylic acids is 1. The molecule has 0 atom stereocenters. The highest BCUT2D eigenvalue weighted by Gasteiger charge is 2.33. The van der Waals surface area contributed by atoms with Crippen LogP contribution < -0.4 is 0 Å². The predicted octanol–water partition coefficient (Wildman–Crippen LogP) is 3.55. The molecule has 1 fully saturated rings. The van der Waals surface area contributed by atoms with E-state index >= 15 is 0 Å². The Labute approximate surface area is 106 Å². The van der Waals surface area contributed by atoms with E-state index in [1.165, 1.54) is 32.1 Å². The lowest BCUT2D eigenvalue weighted by Gasteiger charge is -2.20. The van der Waals surface area contributed by atoms with Gasteiger partial charge >= 0.3 is 5.97 Å². The van der Waals surface area contributed by atoms with Crippen LogP contribution >= 0.6 is 11.3 Å². The summed E-state index contributed by atoms with van der Waals surface area (Å²) in [4.78, 5) is 15.7. The van der Waals surface area contributed by atoms with Crippen LogP contribution in [-0.2, 0) is 10.2 Å². The number of carboxylic acids is 1. The first-order valence-corrected chi connectivity index (χ1v) is 7.09. The van der Waals surface area contributed by atoms with Crippen molar-refractivity contribution < 1.29 is 9.90 Å². The topological polar surface area (TPSA) is 50.2 Å². The van der Waals surface area contributed by atoms with Crippen molar-refractivity contribution in [1.29, 1.82) is 0 Å². The molecule has 17 heavy (non-hydrogen) atoms. The number of aromatic nitrogens is 1. The highest BCUT2D eigenvalue weighted by atomic mass is 32.1. The highest BCUT2D eigenvalue weighted by Crippen LogP contribution is 2.36. The van der Waals surface area contributed by atoms with Crippen LogP contribution in [-0.4, -0.2) is 16.1 Å². The Morgan fingerprint density at radius 3 is 2.65 bits per heavy atom. The normalized spacial score (nSPS) is 18.2. The number of carboxylic acid groups (broad SMARTS) is 1. The molecule has 0 aromatic carbocycles. The monoisotopic (exact) mass is 253 g/mol. The van der Waals surface area contributed by atoms with Gasteiger partial charge in [-0.05, 0) is 26.7 Å². The zero-order valence-corrected chi connectivity index (χ0v) is 11.2. The molecule has 0 saturated heterocycles. The van der Waals surface area contributed by atoms with Gasteiger partial charge in [-0.2, -0.15) is 0 Å². The zero-order valence-electron chi connectivity index (χ0n) is 10.4. The molecule has 0 aliphatic heterocycles. The molecular formula is C13H19NO2S. The second kappa shape index (κ2) is 4.77. The van der Waals surface area contributed by atoms with Gasteiger partial charge in [0, 0.05) is 11.3 Å². The second-order valence-electron chi connectivity index (χ2n) is 5.34. The summed E-state index contributed by atoms with van der Waals surface area (Å²) in [6.45, 7) is 3.43. The molecule has 1 heterocycles. The molecule has 1 saturated carbocycles. The minimum absolute atomic E-state index is 0.562. The van der Waals surface area contributed by atoms with Gasteiger partial charge in [-0.15, -0.1) is 11.3 Å². The van der Waals surface area contributed by atoms with E-state index in [4.69, 9.17) is 0 Å². The lowest BCUT2D eigenvalue weighted by Crippen LogP contribution is -2.29. The largest absolute Gasteiger partial charge is 0.481 e. The van der Waals surface area contributed by atoms with Crippen molar-refractivity contribution in [3.05, 3.63) is 16.1 Å². The van der Waals surface area contributed by atoms with E-state index in [9.17, 15) is 9.90 Å². The first-order chi connectivity index (χ1) is 8.01. The van der Waals surface area contributed by atoms with Gasteiger partial charge < -0.3 is 5.11 Å². The quantitative estimate of drug-likeness (QED) is 0.896. The van der Waals surface area contributed by atoms with E-state index in [0.29, 0.717) is 11.6 Å². The lowest BCUT2D eigenvalue weighted by molar-refractivity contribution is -0.142. The molecule has 0 bridgehead atoms. The maximum atomic E-state index is 11.2. The summed E-state index contributed by atoms with van der Waals surface area (Å²) in [5.74, 6) is -0.245. The van der Waals surface area contributed by atoms with Crippen molar-refractivity contribution >= 4 is 17.3 Å². The number of thiazole rings is 1. The minimum atomic E-state index is -0.872. The smallest absolute Gasteiger partial charge is 0.315 e. The molecule has 3 nitrogen and oxygen atoms in total. The van der Waals surface area contributed by atoms with Gasteiger partial charge in [-0.25, -0.2) is 4.98 Å². The summed E-state index contributed by atoms with van der Waals surface area (Å²) in [5, 5.41) is 12.2. The van der Waals surface area contributed by atoms with Crippen LogP contribution in [0.1, 0.15) is 62.6 Å². The van der Waals surface area contributed by atoms with E-state index in [1.807, 2.05) is 5.38 Å². The fraction of sp³-hybridized carbons (Fsp3) is 0.692. The fourth-order valence-electron chi connectivity index (χ4n) is 2.22. The molecule has 0 spiro atoms. The first-order valence-electron chi connectivity index (χ1n) is 6.21. The van der Waals surface area contributed by atoms with Gasteiger partial charge in [0.05, 0.1) is 10.7 Å². The summed E-state index contributed by atoms with van der Waals surface area (Å²) in [5.41, 5.74) is -0.167. The van der Waals surface area contributed by atoms with Gasteiger partial charge in [0.1, 0.15) is 5.41 Å². The van der Waals surface area contributed by atoms with Crippen LogP contribution in [0.2, 0.25) is 0 Å². The second-order valence-corrected chi connectivity index (χ2v) is 6.23. The van der Waals surface area contributed by atoms with E-state index in [0.717, 1.165) is 5.01 Å². The Morgan fingerprint density at radius 2 is 2.06 bits per heavy atom. The predicted molar refractivity (Wildman–Crippen MR) is 68.6 cm³/mol. The maximum absolute atomic E-state index is 11.2. The summed E-state index contributed by atoms with van der Waals surface area (Å²) in [6, 6.07) is 0. The molecule has 1 aliphatic rings. The summed E-state index contributed by atoms with van der Waals surface area (Å²) in [6.07, 6.45) is 6.31. The number of hydrogen-bond acceptors (Lipinski definition) is 3. The lowest BCUT2D eigenvalue weighted by atomic mass is 9.89. The third-order valence-electron chi connectivity index (χ3n) is 3.65. The average Bonchev–Trinajstić information content (AvgIpc) is 2.80. The number of rotatable bonds is 3. The average molecular weight is 253 g/mol. The van der Waals surface area contributed by atoms with Crippen LogP contribution in [0.3, 0.4) is 0 Å². The Bertz CT molecular complexity index is 405. The van der Waals surface area contributed by atoms with Gasteiger partial charge in [-0.1, -0.05) is 19.3 Å².